The van der Waals surface area contributed by atoms with Crippen LogP contribution in [0.25, 0.3) is 11.4 Å². The van der Waals surface area contributed by atoms with Gasteiger partial charge in [0, 0.05) is 5.56 Å². The molecule has 1 aromatic carbocycles. The molecule has 0 radical (unpaired) electrons. The van der Waals surface area contributed by atoms with Gasteiger partial charge in [-0.25, -0.2) is 0 Å². The van der Waals surface area contributed by atoms with Gasteiger partial charge in [-0.3, -0.25) is 0 Å². The third kappa shape index (κ3) is 3.04. The van der Waals surface area contributed by atoms with Crippen LogP contribution in [0.1, 0.15) is 19.2 Å². The Labute approximate surface area is 99.5 Å². The highest BCUT2D eigenvalue weighted by Gasteiger charge is 2.07. The molecule has 0 aliphatic heterocycles. The molecule has 2 N–H and O–H groups in total. The van der Waals surface area contributed by atoms with Crippen LogP contribution in [0.4, 0.5) is 0 Å². The molecule has 0 unspecified atom stereocenters. The number of benzene rings is 1. The molecule has 1 aromatic heterocycles. The predicted octanol–water partition coefficient (Wildman–Crippen LogP) is 1.94. The van der Waals surface area contributed by atoms with Crippen molar-refractivity contribution in [2.24, 2.45) is 0 Å². The molecule has 17 heavy (non-hydrogen) atoms. The zero-order valence-electron chi connectivity index (χ0n) is 9.68. The minimum Gasteiger partial charge on any atom is -0.508 e. The van der Waals surface area contributed by atoms with E-state index in [1.54, 1.807) is 24.3 Å². The summed E-state index contributed by atoms with van der Waals surface area (Å²) in [5, 5.41) is 16.3. The van der Waals surface area contributed by atoms with Gasteiger partial charge in [0.25, 0.3) is 0 Å². The Balaban J connectivity index is 2.04. The maximum atomic E-state index is 9.18. The normalized spacial score (nSPS) is 10.6. The largest absolute Gasteiger partial charge is 0.508 e. The van der Waals surface area contributed by atoms with Gasteiger partial charge >= 0.3 is 0 Å². The first-order valence-electron chi connectivity index (χ1n) is 5.62. The average molecular weight is 233 g/mol. The van der Waals surface area contributed by atoms with E-state index in [4.69, 9.17) is 4.52 Å². The lowest BCUT2D eigenvalue weighted by molar-refractivity contribution is 0.368. The minimum absolute atomic E-state index is 0.224. The summed E-state index contributed by atoms with van der Waals surface area (Å²) in [7, 11) is 0. The minimum atomic E-state index is 0.224. The molecular formula is C12H15N3O2. The second-order valence-electron chi connectivity index (χ2n) is 3.74. The number of hydrogen-bond acceptors (Lipinski definition) is 5. The molecule has 2 aromatic rings. The molecular weight excluding hydrogens is 218 g/mol. The molecule has 2 rings (SSSR count). The summed E-state index contributed by atoms with van der Waals surface area (Å²) in [6.07, 6.45) is 1.07. The Kier molecular flexibility index (Phi) is 3.72. The van der Waals surface area contributed by atoms with Crippen molar-refractivity contribution in [2.45, 2.75) is 19.9 Å². The van der Waals surface area contributed by atoms with E-state index in [2.05, 4.69) is 22.4 Å². The van der Waals surface area contributed by atoms with E-state index in [1.807, 2.05) is 0 Å². The van der Waals surface area contributed by atoms with Gasteiger partial charge in [-0.1, -0.05) is 12.1 Å². The van der Waals surface area contributed by atoms with Gasteiger partial charge in [0.05, 0.1) is 6.54 Å². The number of nitrogens with zero attached hydrogens (tertiary/aromatic N) is 2. The van der Waals surface area contributed by atoms with Gasteiger partial charge in [-0.2, -0.15) is 4.98 Å². The molecule has 0 fully saturated rings. The summed E-state index contributed by atoms with van der Waals surface area (Å²) in [5.74, 6) is 1.34. The van der Waals surface area contributed by atoms with Crippen LogP contribution in [0.3, 0.4) is 0 Å². The quantitative estimate of drug-likeness (QED) is 0.772. The van der Waals surface area contributed by atoms with Gasteiger partial charge in [0.2, 0.25) is 11.7 Å². The Bertz CT molecular complexity index is 465. The van der Waals surface area contributed by atoms with E-state index in [9.17, 15) is 5.11 Å². The van der Waals surface area contributed by atoms with Gasteiger partial charge in [-0.15, -0.1) is 0 Å². The fourth-order valence-electron chi connectivity index (χ4n) is 1.43. The molecule has 1 heterocycles. The summed E-state index contributed by atoms with van der Waals surface area (Å²) in [6.45, 7) is 3.61. The van der Waals surface area contributed by atoms with Crippen LogP contribution in [-0.2, 0) is 6.54 Å². The van der Waals surface area contributed by atoms with Crippen molar-refractivity contribution in [1.29, 1.82) is 0 Å². The van der Waals surface area contributed by atoms with Crippen molar-refractivity contribution < 1.29 is 9.63 Å². The molecule has 90 valence electrons. The van der Waals surface area contributed by atoms with E-state index >= 15 is 0 Å². The van der Waals surface area contributed by atoms with Gasteiger partial charge < -0.3 is 14.9 Å². The lowest BCUT2D eigenvalue weighted by Crippen LogP contribution is -2.13. The summed E-state index contributed by atoms with van der Waals surface area (Å²) < 4.78 is 5.11. The molecule has 0 saturated heterocycles. The van der Waals surface area contributed by atoms with Crippen molar-refractivity contribution in [3.8, 4) is 17.1 Å². The molecule has 0 atom stereocenters. The highest BCUT2D eigenvalue weighted by Crippen LogP contribution is 2.18. The monoisotopic (exact) mass is 233 g/mol. The number of rotatable bonds is 5. The van der Waals surface area contributed by atoms with Crippen molar-refractivity contribution in [2.75, 3.05) is 6.54 Å². The van der Waals surface area contributed by atoms with Crippen molar-refractivity contribution in [3.05, 3.63) is 30.2 Å². The van der Waals surface area contributed by atoms with Gasteiger partial charge in [-0.05, 0) is 37.2 Å². The molecule has 5 nitrogen and oxygen atoms in total. The van der Waals surface area contributed by atoms with Crippen molar-refractivity contribution in [3.63, 3.8) is 0 Å². The fourth-order valence-corrected chi connectivity index (χ4v) is 1.43. The molecule has 0 aliphatic carbocycles. The number of phenols is 1. The molecule has 0 aliphatic rings. The molecule has 0 bridgehead atoms. The lowest BCUT2D eigenvalue weighted by Gasteiger charge is -1.96. The first-order chi connectivity index (χ1) is 8.29. The second kappa shape index (κ2) is 5.45. The maximum absolute atomic E-state index is 9.18. The zero-order valence-corrected chi connectivity index (χ0v) is 9.68. The van der Waals surface area contributed by atoms with Crippen LogP contribution in [0.2, 0.25) is 0 Å². The number of aromatic nitrogens is 2. The smallest absolute Gasteiger partial charge is 0.240 e. The number of nitrogens with one attached hydrogen (secondary N) is 1. The number of phenolic OH excluding ortho intramolecular Hbond substituents is 1. The van der Waals surface area contributed by atoms with Crippen LogP contribution in [0, 0.1) is 0 Å². The Morgan fingerprint density at radius 2 is 2.06 bits per heavy atom. The second-order valence-corrected chi connectivity index (χ2v) is 3.74. The zero-order chi connectivity index (χ0) is 12.1. The van der Waals surface area contributed by atoms with Crippen LogP contribution >= 0.6 is 0 Å². The Hall–Kier alpha value is -1.88. The average Bonchev–Trinajstić information content (AvgIpc) is 2.79. The lowest BCUT2D eigenvalue weighted by atomic mass is 10.2. The van der Waals surface area contributed by atoms with Gasteiger partial charge in [0.1, 0.15) is 5.75 Å². The van der Waals surface area contributed by atoms with Crippen molar-refractivity contribution in [1.82, 2.24) is 15.5 Å². The molecule has 5 heteroatoms. The standard InChI is InChI=1S/C12H15N3O2/c1-2-7-13-8-11-14-12(15-17-11)9-3-5-10(16)6-4-9/h3-6,13,16H,2,7-8H2,1H3. The summed E-state index contributed by atoms with van der Waals surface area (Å²) in [4.78, 5) is 4.26. The van der Waals surface area contributed by atoms with Crippen LogP contribution in [-0.4, -0.2) is 21.8 Å². The number of hydrogen-bond donors (Lipinski definition) is 2. The van der Waals surface area contributed by atoms with E-state index in [0.29, 0.717) is 18.3 Å². The van der Waals surface area contributed by atoms with Crippen LogP contribution in [0.5, 0.6) is 5.75 Å². The topological polar surface area (TPSA) is 71.2 Å². The molecule has 0 amide bonds. The van der Waals surface area contributed by atoms with E-state index in [-0.39, 0.29) is 5.75 Å². The van der Waals surface area contributed by atoms with E-state index in [0.717, 1.165) is 18.5 Å². The fraction of sp³-hybridized carbons (Fsp3) is 0.333. The summed E-state index contributed by atoms with van der Waals surface area (Å²) in [5.41, 5.74) is 0.827. The summed E-state index contributed by atoms with van der Waals surface area (Å²) >= 11 is 0. The molecule has 0 saturated carbocycles. The third-order valence-electron chi connectivity index (χ3n) is 2.30. The Morgan fingerprint density at radius 3 is 2.76 bits per heavy atom. The van der Waals surface area contributed by atoms with Crippen LogP contribution < -0.4 is 5.32 Å². The predicted molar refractivity (Wildman–Crippen MR) is 63.4 cm³/mol. The molecule has 0 spiro atoms. The first-order valence-corrected chi connectivity index (χ1v) is 5.62. The van der Waals surface area contributed by atoms with Crippen molar-refractivity contribution >= 4 is 0 Å². The SMILES string of the molecule is CCCNCc1nc(-c2ccc(O)cc2)no1. The van der Waals surface area contributed by atoms with Gasteiger partial charge in [0.15, 0.2) is 0 Å². The van der Waals surface area contributed by atoms with E-state index < -0.39 is 0 Å². The number of aromatic hydroxyl groups is 1. The van der Waals surface area contributed by atoms with E-state index in [1.165, 1.54) is 0 Å². The Morgan fingerprint density at radius 1 is 1.29 bits per heavy atom. The first kappa shape index (κ1) is 11.6. The summed E-state index contributed by atoms with van der Waals surface area (Å²) in [6, 6.07) is 6.70. The third-order valence-corrected chi connectivity index (χ3v) is 2.30. The highest BCUT2D eigenvalue weighted by molar-refractivity contribution is 5.55. The maximum Gasteiger partial charge on any atom is 0.240 e. The van der Waals surface area contributed by atoms with Crippen LogP contribution in [0.15, 0.2) is 28.8 Å². The highest BCUT2D eigenvalue weighted by atomic mass is 16.5.